The molecule has 2 heterocycles. The van der Waals surface area contributed by atoms with Crippen molar-refractivity contribution >= 4 is 17.3 Å². The Kier molecular flexibility index (Phi) is 6.00. The summed E-state index contributed by atoms with van der Waals surface area (Å²) in [5.41, 5.74) is 1.13. The summed E-state index contributed by atoms with van der Waals surface area (Å²) in [7, 11) is 0. The molecule has 0 spiro atoms. The van der Waals surface area contributed by atoms with Gasteiger partial charge in [0.05, 0.1) is 11.6 Å². The molecule has 0 unspecified atom stereocenters. The summed E-state index contributed by atoms with van der Waals surface area (Å²) in [6, 6.07) is 2.04. The van der Waals surface area contributed by atoms with Gasteiger partial charge < -0.3 is 15.1 Å². The fraction of sp³-hybridized carbons (Fsp3) is 0.500. The number of aliphatic imine (C=N–C) groups is 1. The predicted molar refractivity (Wildman–Crippen MR) is 91.6 cm³/mol. The Hall–Kier alpha value is -1.82. The first-order chi connectivity index (χ1) is 10.6. The third-order valence-corrected chi connectivity index (χ3v) is 4.17. The minimum absolute atomic E-state index is 0.620. The van der Waals surface area contributed by atoms with E-state index >= 15 is 0 Å². The smallest absolute Gasteiger partial charge is 0.191 e. The molecule has 0 aliphatic heterocycles. The van der Waals surface area contributed by atoms with Crippen LogP contribution in [0.1, 0.15) is 33.9 Å². The second kappa shape index (κ2) is 7.98. The molecule has 0 radical (unpaired) electrons. The van der Waals surface area contributed by atoms with Crippen LogP contribution in [-0.4, -0.2) is 24.0 Å². The molecule has 0 amide bonds. The van der Waals surface area contributed by atoms with Gasteiger partial charge in [0.25, 0.3) is 0 Å². The SMILES string of the molecule is CCNC(=NCc1cc(C)oc1C)NCCc1ncc(C)s1. The van der Waals surface area contributed by atoms with E-state index in [1.54, 1.807) is 11.3 Å². The van der Waals surface area contributed by atoms with Crippen LogP contribution in [0.3, 0.4) is 0 Å². The van der Waals surface area contributed by atoms with Crippen LogP contribution in [0.15, 0.2) is 21.7 Å². The zero-order valence-electron chi connectivity index (χ0n) is 13.7. The Labute approximate surface area is 135 Å². The van der Waals surface area contributed by atoms with Crippen molar-refractivity contribution in [1.82, 2.24) is 15.6 Å². The van der Waals surface area contributed by atoms with Crippen molar-refractivity contribution in [2.24, 2.45) is 4.99 Å². The van der Waals surface area contributed by atoms with Crippen molar-refractivity contribution in [3.05, 3.63) is 39.2 Å². The average molecular weight is 320 g/mol. The van der Waals surface area contributed by atoms with Crippen molar-refractivity contribution in [2.75, 3.05) is 13.1 Å². The molecule has 0 fully saturated rings. The number of thiazole rings is 1. The van der Waals surface area contributed by atoms with Crippen LogP contribution in [0.25, 0.3) is 0 Å². The lowest BCUT2D eigenvalue weighted by Crippen LogP contribution is -2.38. The molecule has 0 bridgehead atoms. The van der Waals surface area contributed by atoms with Gasteiger partial charge in [0, 0.05) is 36.1 Å². The summed E-state index contributed by atoms with van der Waals surface area (Å²) in [5.74, 6) is 2.70. The fourth-order valence-electron chi connectivity index (χ4n) is 2.15. The Balaban J connectivity index is 1.88. The molecule has 5 nitrogen and oxygen atoms in total. The van der Waals surface area contributed by atoms with Crippen LogP contribution in [0.2, 0.25) is 0 Å². The van der Waals surface area contributed by atoms with Crippen LogP contribution < -0.4 is 10.6 Å². The predicted octanol–water partition coefficient (Wildman–Crippen LogP) is 2.96. The highest BCUT2D eigenvalue weighted by molar-refractivity contribution is 7.11. The third-order valence-electron chi connectivity index (χ3n) is 3.20. The van der Waals surface area contributed by atoms with E-state index in [1.807, 2.05) is 26.1 Å². The second-order valence-corrected chi connectivity index (χ2v) is 6.49. The molecular weight excluding hydrogens is 296 g/mol. The van der Waals surface area contributed by atoms with Gasteiger partial charge in [-0.3, -0.25) is 0 Å². The highest BCUT2D eigenvalue weighted by Gasteiger charge is 2.05. The number of guanidine groups is 1. The lowest BCUT2D eigenvalue weighted by Gasteiger charge is -2.10. The zero-order chi connectivity index (χ0) is 15.9. The van der Waals surface area contributed by atoms with E-state index in [0.29, 0.717) is 6.54 Å². The topological polar surface area (TPSA) is 62.5 Å². The monoisotopic (exact) mass is 320 g/mol. The molecule has 6 heteroatoms. The molecule has 22 heavy (non-hydrogen) atoms. The van der Waals surface area contributed by atoms with E-state index in [2.05, 4.69) is 34.5 Å². The molecule has 2 rings (SSSR count). The number of aromatic nitrogens is 1. The van der Waals surface area contributed by atoms with Crippen LogP contribution in [0.4, 0.5) is 0 Å². The van der Waals surface area contributed by atoms with Crippen LogP contribution in [0, 0.1) is 20.8 Å². The van der Waals surface area contributed by atoms with Crippen molar-refractivity contribution in [3.8, 4) is 0 Å². The van der Waals surface area contributed by atoms with Crippen molar-refractivity contribution in [1.29, 1.82) is 0 Å². The summed E-state index contributed by atoms with van der Waals surface area (Å²) >= 11 is 1.74. The third kappa shape index (κ3) is 4.87. The Morgan fingerprint density at radius 2 is 2.14 bits per heavy atom. The zero-order valence-corrected chi connectivity index (χ0v) is 14.5. The lowest BCUT2D eigenvalue weighted by molar-refractivity contribution is 0.501. The largest absolute Gasteiger partial charge is 0.466 e. The normalized spacial score (nSPS) is 11.7. The molecule has 0 aliphatic carbocycles. The van der Waals surface area contributed by atoms with E-state index in [4.69, 9.17) is 4.42 Å². The summed E-state index contributed by atoms with van der Waals surface area (Å²) < 4.78 is 5.53. The summed E-state index contributed by atoms with van der Waals surface area (Å²) in [6.07, 6.45) is 2.83. The number of nitrogens with one attached hydrogen (secondary N) is 2. The van der Waals surface area contributed by atoms with E-state index in [-0.39, 0.29) is 0 Å². The van der Waals surface area contributed by atoms with Crippen molar-refractivity contribution in [2.45, 2.75) is 40.7 Å². The first-order valence-electron chi connectivity index (χ1n) is 7.58. The van der Waals surface area contributed by atoms with Gasteiger partial charge in [0.2, 0.25) is 0 Å². The highest BCUT2D eigenvalue weighted by Crippen LogP contribution is 2.14. The van der Waals surface area contributed by atoms with Crippen LogP contribution in [-0.2, 0) is 13.0 Å². The molecule has 0 saturated heterocycles. The summed E-state index contributed by atoms with van der Waals surface area (Å²) in [4.78, 5) is 10.2. The van der Waals surface area contributed by atoms with Crippen LogP contribution in [0.5, 0.6) is 0 Å². The number of hydrogen-bond donors (Lipinski definition) is 2. The van der Waals surface area contributed by atoms with E-state index in [1.165, 1.54) is 4.88 Å². The number of aryl methyl sites for hydroxylation is 3. The number of furan rings is 1. The molecule has 0 aliphatic rings. The van der Waals surface area contributed by atoms with E-state index in [0.717, 1.165) is 47.6 Å². The fourth-order valence-corrected chi connectivity index (χ4v) is 2.94. The van der Waals surface area contributed by atoms with Gasteiger partial charge >= 0.3 is 0 Å². The van der Waals surface area contributed by atoms with Gasteiger partial charge in [-0.25, -0.2) is 9.98 Å². The van der Waals surface area contributed by atoms with Gasteiger partial charge in [-0.15, -0.1) is 11.3 Å². The molecule has 0 aromatic carbocycles. The van der Waals surface area contributed by atoms with Gasteiger partial charge in [-0.2, -0.15) is 0 Å². The first-order valence-corrected chi connectivity index (χ1v) is 8.39. The van der Waals surface area contributed by atoms with Gasteiger partial charge in [0.1, 0.15) is 11.5 Å². The van der Waals surface area contributed by atoms with Gasteiger partial charge in [-0.1, -0.05) is 0 Å². The number of nitrogens with zero attached hydrogens (tertiary/aromatic N) is 2. The molecule has 0 atom stereocenters. The van der Waals surface area contributed by atoms with E-state index < -0.39 is 0 Å². The summed E-state index contributed by atoms with van der Waals surface area (Å²) in [6.45, 7) is 10.4. The minimum atomic E-state index is 0.620. The molecular formula is C16H24N4OS. The molecule has 2 N–H and O–H groups in total. The Morgan fingerprint density at radius 3 is 2.73 bits per heavy atom. The van der Waals surface area contributed by atoms with Gasteiger partial charge in [0.15, 0.2) is 5.96 Å². The van der Waals surface area contributed by atoms with Crippen molar-refractivity contribution in [3.63, 3.8) is 0 Å². The van der Waals surface area contributed by atoms with Gasteiger partial charge in [-0.05, 0) is 33.8 Å². The standard InChI is InChI=1S/C16H24N4OS/c1-5-17-16(18-7-6-15-19-9-12(3)22-15)20-10-14-8-11(2)21-13(14)4/h8-9H,5-7,10H2,1-4H3,(H2,17,18,20). The maximum Gasteiger partial charge on any atom is 0.191 e. The maximum atomic E-state index is 5.53. The highest BCUT2D eigenvalue weighted by atomic mass is 32.1. The molecule has 120 valence electrons. The number of rotatable bonds is 6. The van der Waals surface area contributed by atoms with E-state index in [9.17, 15) is 0 Å². The Morgan fingerprint density at radius 1 is 1.32 bits per heavy atom. The number of hydrogen-bond acceptors (Lipinski definition) is 4. The quantitative estimate of drug-likeness (QED) is 0.634. The first kappa shape index (κ1) is 16.5. The lowest BCUT2D eigenvalue weighted by atomic mass is 10.2. The second-order valence-electron chi connectivity index (χ2n) is 5.18. The maximum absolute atomic E-state index is 5.53. The molecule has 0 saturated carbocycles. The van der Waals surface area contributed by atoms with Crippen molar-refractivity contribution < 1.29 is 4.42 Å². The summed E-state index contributed by atoms with van der Waals surface area (Å²) in [5, 5.41) is 7.77. The Bertz CT molecular complexity index is 630. The molecule has 2 aromatic heterocycles. The average Bonchev–Trinajstić information content (AvgIpc) is 3.01. The molecule has 2 aromatic rings. The van der Waals surface area contributed by atoms with Crippen LogP contribution >= 0.6 is 11.3 Å². The minimum Gasteiger partial charge on any atom is -0.466 e.